The van der Waals surface area contributed by atoms with Crippen molar-refractivity contribution >= 4 is 0 Å². The van der Waals surface area contributed by atoms with Crippen LogP contribution in [0.15, 0.2) is 24.3 Å². The SMILES string of the molecule is CCN(CC)Cc1ccc(C(C)C)cc1. The number of hydrogen-bond acceptors (Lipinski definition) is 1. The second kappa shape index (κ2) is 5.92. The van der Waals surface area contributed by atoms with Gasteiger partial charge in [0, 0.05) is 6.54 Å². The summed E-state index contributed by atoms with van der Waals surface area (Å²) in [5.74, 6) is 0.632. The molecular weight excluding hydrogens is 182 g/mol. The fourth-order valence-corrected chi connectivity index (χ4v) is 1.71. The molecule has 1 aromatic carbocycles. The van der Waals surface area contributed by atoms with E-state index in [4.69, 9.17) is 0 Å². The van der Waals surface area contributed by atoms with E-state index >= 15 is 0 Å². The summed E-state index contributed by atoms with van der Waals surface area (Å²) in [7, 11) is 0. The van der Waals surface area contributed by atoms with Crippen LogP contribution in [0.5, 0.6) is 0 Å². The molecule has 0 heterocycles. The minimum atomic E-state index is 0.632. The summed E-state index contributed by atoms with van der Waals surface area (Å²) in [6.45, 7) is 12.2. The Morgan fingerprint density at radius 2 is 1.53 bits per heavy atom. The van der Waals surface area contributed by atoms with Crippen LogP contribution >= 0.6 is 0 Å². The molecule has 0 unspecified atom stereocenters. The van der Waals surface area contributed by atoms with Crippen molar-refractivity contribution in [3.8, 4) is 0 Å². The molecule has 0 amide bonds. The molecule has 15 heavy (non-hydrogen) atoms. The van der Waals surface area contributed by atoms with E-state index in [1.165, 1.54) is 11.1 Å². The van der Waals surface area contributed by atoms with Gasteiger partial charge >= 0.3 is 0 Å². The Morgan fingerprint density at radius 3 is 1.93 bits per heavy atom. The van der Waals surface area contributed by atoms with Crippen LogP contribution < -0.4 is 0 Å². The molecule has 0 N–H and O–H groups in total. The normalized spacial score (nSPS) is 11.3. The Kier molecular flexibility index (Phi) is 4.83. The van der Waals surface area contributed by atoms with Gasteiger partial charge in [0.1, 0.15) is 0 Å². The van der Waals surface area contributed by atoms with Gasteiger partial charge in [-0.05, 0) is 30.1 Å². The summed E-state index contributed by atoms with van der Waals surface area (Å²) in [5.41, 5.74) is 2.85. The fraction of sp³-hybridized carbons (Fsp3) is 0.571. The monoisotopic (exact) mass is 205 g/mol. The van der Waals surface area contributed by atoms with Crippen LogP contribution in [0, 0.1) is 0 Å². The first kappa shape index (κ1) is 12.3. The summed E-state index contributed by atoms with van der Waals surface area (Å²) >= 11 is 0. The van der Waals surface area contributed by atoms with Crippen LogP contribution in [0.1, 0.15) is 44.7 Å². The molecule has 0 aliphatic heterocycles. The first-order valence-electron chi connectivity index (χ1n) is 5.98. The highest BCUT2D eigenvalue weighted by Crippen LogP contribution is 2.15. The molecule has 0 saturated heterocycles. The predicted molar refractivity (Wildman–Crippen MR) is 67.2 cm³/mol. The highest BCUT2D eigenvalue weighted by Gasteiger charge is 2.02. The lowest BCUT2D eigenvalue weighted by molar-refractivity contribution is 0.296. The second-order valence-corrected chi connectivity index (χ2v) is 4.36. The van der Waals surface area contributed by atoms with E-state index in [0.29, 0.717) is 5.92 Å². The highest BCUT2D eigenvalue weighted by molar-refractivity contribution is 5.24. The Labute approximate surface area is 94.1 Å². The van der Waals surface area contributed by atoms with Gasteiger partial charge in [0.2, 0.25) is 0 Å². The van der Waals surface area contributed by atoms with Crippen LogP contribution in [0.2, 0.25) is 0 Å². The Balaban J connectivity index is 2.63. The molecule has 0 aliphatic rings. The Hall–Kier alpha value is -0.820. The van der Waals surface area contributed by atoms with Crippen molar-refractivity contribution < 1.29 is 0 Å². The molecule has 0 radical (unpaired) electrons. The highest BCUT2D eigenvalue weighted by atomic mass is 15.1. The van der Waals surface area contributed by atoms with Gasteiger partial charge in [0.05, 0.1) is 0 Å². The van der Waals surface area contributed by atoms with Crippen molar-refractivity contribution in [2.45, 2.75) is 40.2 Å². The lowest BCUT2D eigenvalue weighted by Gasteiger charge is -2.18. The third-order valence-corrected chi connectivity index (χ3v) is 2.95. The van der Waals surface area contributed by atoms with E-state index in [0.717, 1.165) is 19.6 Å². The van der Waals surface area contributed by atoms with Crippen molar-refractivity contribution in [1.82, 2.24) is 4.90 Å². The summed E-state index contributed by atoms with van der Waals surface area (Å²) in [4.78, 5) is 2.43. The van der Waals surface area contributed by atoms with Crippen molar-refractivity contribution in [3.63, 3.8) is 0 Å². The molecule has 1 heteroatoms. The average Bonchev–Trinajstić information content (AvgIpc) is 2.26. The van der Waals surface area contributed by atoms with Crippen LogP contribution in [0.25, 0.3) is 0 Å². The predicted octanol–water partition coefficient (Wildman–Crippen LogP) is 3.65. The average molecular weight is 205 g/mol. The topological polar surface area (TPSA) is 3.24 Å². The van der Waals surface area contributed by atoms with Gasteiger partial charge in [0.25, 0.3) is 0 Å². The van der Waals surface area contributed by atoms with Gasteiger partial charge in [-0.2, -0.15) is 0 Å². The quantitative estimate of drug-likeness (QED) is 0.709. The summed E-state index contributed by atoms with van der Waals surface area (Å²) in [5, 5.41) is 0. The molecule has 1 rings (SSSR count). The number of nitrogens with zero attached hydrogens (tertiary/aromatic N) is 1. The van der Waals surface area contributed by atoms with Crippen molar-refractivity contribution in [3.05, 3.63) is 35.4 Å². The minimum Gasteiger partial charge on any atom is -0.300 e. The van der Waals surface area contributed by atoms with E-state index in [9.17, 15) is 0 Å². The Morgan fingerprint density at radius 1 is 1.00 bits per heavy atom. The molecule has 0 aromatic heterocycles. The van der Waals surface area contributed by atoms with Gasteiger partial charge in [-0.3, -0.25) is 4.90 Å². The van der Waals surface area contributed by atoms with E-state index in [1.807, 2.05) is 0 Å². The van der Waals surface area contributed by atoms with E-state index in [-0.39, 0.29) is 0 Å². The minimum absolute atomic E-state index is 0.632. The van der Waals surface area contributed by atoms with Gasteiger partial charge < -0.3 is 0 Å². The maximum atomic E-state index is 2.43. The lowest BCUT2D eigenvalue weighted by atomic mass is 10.0. The largest absolute Gasteiger partial charge is 0.300 e. The van der Waals surface area contributed by atoms with Crippen LogP contribution in [0.4, 0.5) is 0 Å². The van der Waals surface area contributed by atoms with Gasteiger partial charge in [-0.1, -0.05) is 52.0 Å². The summed E-state index contributed by atoms with van der Waals surface area (Å²) in [6.07, 6.45) is 0. The summed E-state index contributed by atoms with van der Waals surface area (Å²) in [6, 6.07) is 9.02. The van der Waals surface area contributed by atoms with Gasteiger partial charge in [-0.15, -0.1) is 0 Å². The van der Waals surface area contributed by atoms with E-state index in [1.54, 1.807) is 0 Å². The molecule has 84 valence electrons. The van der Waals surface area contributed by atoms with Crippen molar-refractivity contribution in [2.24, 2.45) is 0 Å². The van der Waals surface area contributed by atoms with Crippen molar-refractivity contribution in [1.29, 1.82) is 0 Å². The zero-order chi connectivity index (χ0) is 11.3. The van der Waals surface area contributed by atoms with Gasteiger partial charge in [-0.25, -0.2) is 0 Å². The maximum Gasteiger partial charge on any atom is 0.0233 e. The van der Waals surface area contributed by atoms with E-state index < -0.39 is 0 Å². The third-order valence-electron chi connectivity index (χ3n) is 2.95. The smallest absolute Gasteiger partial charge is 0.0233 e. The molecule has 0 spiro atoms. The number of benzene rings is 1. The standard InChI is InChI=1S/C14H23N/c1-5-15(6-2)11-13-7-9-14(10-8-13)12(3)4/h7-10,12H,5-6,11H2,1-4H3. The first-order valence-corrected chi connectivity index (χ1v) is 5.98. The number of hydrogen-bond donors (Lipinski definition) is 0. The number of rotatable bonds is 5. The molecule has 0 fully saturated rings. The molecule has 1 nitrogen and oxygen atoms in total. The maximum absolute atomic E-state index is 2.43. The van der Waals surface area contributed by atoms with E-state index in [2.05, 4.69) is 56.9 Å². The molecule has 0 saturated carbocycles. The van der Waals surface area contributed by atoms with Crippen LogP contribution in [-0.2, 0) is 6.54 Å². The fourth-order valence-electron chi connectivity index (χ4n) is 1.71. The second-order valence-electron chi connectivity index (χ2n) is 4.36. The zero-order valence-electron chi connectivity index (χ0n) is 10.5. The lowest BCUT2D eigenvalue weighted by Crippen LogP contribution is -2.22. The molecule has 1 aromatic rings. The van der Waals surface area contributed by atoms with Crippen LogP contribution in [0.3, 0.4) is 0 Å². The van der Waals surface area contributed by atoms with Crippen molar-refractivity contribution in [2.75, 3.05) is 13.1 Å². The van der Waals surface area contributed by atoms with Gasteiger partial charge in [0.15, 0.2) is 0 Å². The summed E-state index contributed by atoms with van der Waals surface area (Å²) < 4.78 is 0. The molecular formula is C14H23N. The molecule has 0 bridgehead atoms. The Bertz CT molecular complexity index is 270. The van der Waals surface area contributed by atoms with Crippen LogP contribution in [-0.4, -0.2) is 18.0 Å². The molecule has 0 aliphatic carbocycles. The zero-order valence-corrected chi connectivity index (χ0v) is 10.5. The third kappa shape index (κ3) is 3.67. The first-order chi connectivity index (χ1) is 7.17. The molecule has 0 atom stereocenters.